The summed E-state index contributed by atoms with van der Waals surface area (Å²) in [5, 5.41) is 0. The van der Waals surface area contributed by atoms with Crippen molar-refractivity contribution in [2.24, 2.45) is 5.73 Å². The largest absolute Gasteiger partial charge is 0.473 e. The number of hydrogen-bond acceptors (Lipinski definition) is 3. The maximum Gasteiger partial charge on any atom is 0.228 e. The van der Waals surface area contributed by atoms with Gasteiger partial charge in [0.1, 0.15) is 6.10 Å². The van der Waals surface area contributed by atoms with Crippen molar-refractivity contribution in [2.45, 2.75) is 25.0 Å². The predicted octanol–water partition coefficient (Wildman–Crippen LogP) is 2.13. The lowest BCUT2D eigenvalue weighted by molar-refractivity contribution is 0.0949. The third-order valence-electron chi connectivity index (χ3n) is 2.13. The van der Waals surface area contributed by atoms with E-state index in [0.29, 0.717) is 11.9 Å². The molecular formula is C9H12BrClN2O. The Balaban J connectivity index is 0.000000980. The molecule has 3 nitrogen and oxygen atoms in total. The van der Waals surface area contributed by atoms with Crippen LogP contribution in [0.2, 0.25) is 0 Å². The SMILES string of the molecule is Cl.NC1CC(Oc2ncccc2Br)C1. The summed E-state index contributed by atoms with van der Waals surface area (Å²) >= 11 is 3.37. The van der Waals surface area contributed by atoms with Crippen molar-refractivity contribution in [3.63, 3.8) is 0 Å². The van der Waals surface area contributed by atoms with Gasteiger partial charge in [-0.3, -0.25) is 0 Å². The van der Waals surface area contributed by atoms with Crippen LogP contribution in [0.15, 0.2) is 22.8 Å². The molecule has 1 fully saturated rings. The minimum absolute atomic E-state index is 0. The minimum Gasteiger partial charge on any atom is -0.473 e. The number of pyridine rings is 1. The summed E-state index contributed by atoms with van der Waals surface area (Å²) in [6.45, 7) is 0. The van der Waals surface area contributed by atoms with E-state index in [1.54, 1.807) is 6.20 Å². The summed E-state index contributed by atoms with van der Waals surface area (Å²) in [5.41, 5.74) is 5.65. The van der Waals surface area contributed by atoms with Gasteiger partial charge in [0.05, 0.1) is 4.47 Å². The van der Waals surface area contributed by atoms with Crippen molar-refractivity contribution >= 4 is 28.3 Å². The topological polar surface area (TPSA) is 48.1 Å². The molecule has 1 aliphatic rings. The number of ether oxygens (including phenoxy) is 1. The second kappa shape index (κ2) is 4.96. The van der Waals surface area contributed by atoms with Crippen molar-refractivity contribution in [3.8, 4) is 5.88 Å². The Labute approximate surface area is 97.6 Å². The van der Waals surface area contributed by atoms with E-state index >= 15 is 0 Å². The minimum atomic E-state index is 0. The molecule has 0 radical (unpaired) electrons. The zero-order valence-electron chi connectivity index (χ0n) is 7.52. The first-order chi connectivity index (χ1) is 6.25. The normalized spacial score (nSPS) is 24.7. The van der Waals surface area contributed by atoms with E-state index in [1.807, 2.05) is 12.1 Å². The molecule has 78 valence electrons. The molecule has 0 aromatic carbocycles. The Morgan fingerprint density at radius 2 is 2.21 bits per heavy atom. The van der Waals surface area contributed by atoms with Gasteiger partial charge in [-0.25, -0.2) is 4.98 Å². The highest BCUT2D eigenvalue weighted by Gasteiger charge is 2.28. The van der Waals surface area contributed by atoms with Gasteiger partial charge in [-0.15, -0.1) is 12.4 Å². The van der Waals surface area contributed by atoms with E-state index in [4.69, 9.17) is 10.5 Å². The van der Waals surface area contributed by atoms with Crippen LogP contribution in [0.5, 0.6) is 5.88 Å². The number of nitrogens with zero attached hydrogens (tertiary/aromatic N) is 1. The highest BCUT2D eigenvalue weighted by Crippen LogP contribution is 2.27. The quantitative estimate of drug-likeness (QED) is 0.902. The Hall–Kier alpha value is -0.320. The van der Waals surface area contributed by atoms with Gasteiger partial charge < -0.3 is 10.5 Å². The summed E-state index contributed by atoms with van der Waals surface area (Å²) < 4.78 is 6.51. The van der Waals surface area contributed by atoms with E-state index in [0.717, 1.165) is 17.3 Å². The lowest BCUT2D eigenvalue weighted by Crippen LogP contribution is -2.43. The molecule has 1 aromatic heterocycles. The van der Waals surface area contributed by atoms with Crippen LogP contribution in [0, 0.1) is 0 Å². The Kier molecular flexibility index (Phi) is 4.16. The van der Waals surface area contributed by atoms with E-state index < -0.39 is 0 Å². The molecule has 1 aliphatic carbocycles. The summed E-state index contributed by atoms with van der Waals surface area (Å²) in [7, 11) is 0. The monoisotopic (exact) mass is 278 g/mol. The molecule has 1 aromatic rings. The molecule has 0 unspecified atom stereocenters. The summed E-state index contributed by atoms with van der Waals surface area (Å²) in [6.07, 6.45) is 3.84. The van der Waals surface area contributed by atoms with Crippen molar-refractivity contribution < 1.29 is 4.74 Å². The van der Waals surface area contributed by atoms with Gasteiger partial charge in [0.2, 0.25) is 5.88 Å². The zero-order chi connectivity index (χ0) is 9.26. The van der Waals surface area contributed by atoms with Crippen LogP contribution in [-0.2, 0) is 0 Å². The van der Waals surface area contributed by atoms with Crippen LogP contribution in [0.1, 0.15) is 12.8 Å². The molecular weight excluding hydrogens is 267 g/mol. The molecule has 0 aliphatic heterocycles. The number of hydrogen-bond donors (Lipinski definition) is 1. The van der Waals surface area contributed by atoms with Crippen LogP contribution in [0.4, 0.5) is 0 Å². The van der Waals surface area contributed by atoms with Crippen LogP contribution in [-0.4, -0.2) is 17.1 Å². The van der Waals surface area contributed by atoms with Gasteiger partial charge in [-0.1, -0.05) is 0 Å². The maximum atomic E-state index is 5.65. The fourth-order valence-corrected chi connectivity index (χ4v) is 1.67. The van der Waals surface area contributed by atoms with E-state index in [9.17, 15) is 0 Å². The van der Waals surface area contributed by atoms with Gasteiger partial charge >= 0.3 is 0 Å². The fraction of sp³-hybridized carbons (Fsp3) is 0.444. The zero-order valence-corrected chi connectivity index (χ0v) is 9.92. The molecule has 2 N–H and O–H groups in total. The first-order valence-corrected chi connectivity index (χ1v) is 5.08. The highest BCUT2D eigenvalue weighted by atomic mass is 79.9. The first kappa shape index (κ1) is 11.8. The van der Waals surface area contributed by atoms with Gasteiger partial charge in [-0.2, -0.15) is 0 Å². The molecule has 0 atom stereocenters. The lowest BCUT2D eigenvalue weighted by atomic mass is 9.90. The van der Waals surface area contributed by atoms with Gasteiger partial charge in [-0.05, 0) is 40.9 Å². The van der Waals surface area contributed by atoms with Crippen LogP contribution in [0.3, 0.4) is 0 Å². The molecule has 0 saturated heterocycles. The highest BCUT2D eigenvalue weighted by molar-refractivity contribution is 9.10. The first-order valence-electron chi connectivity index (χ1n) is 4.28. The van der Waals surface area contributed by atoms with Gasteiger partial charge in [0.15, 0.2) is 0 Å². The molecule has 0 spiro atoms. The molecule has 0 bridgehead atoms. The van der Waals surface area contributed by atoms with Crippen molar-refractivity contribution in [1.82, 2.24) is 4.98 Å². The van der Waals surface area contributed by atoms with Gasteiger partial charge in [0, 0.05) is 12.2 Å². The van der Waals surface area contributed by atoms with Crippen molar-refractivity contribution in [3.05, 3.63) is 22.8 Å². The number of halogens is 2. The third kappa shape index (κ3) is 2.59. The van der Waals surface area contributed by atoms with Crippen LogP contribution in [0.25, 0.3) is 0 Å². The van der Waals surface area contributed by atoms with Gasteiger partial charge in [0.25, 0.3) is 0 Å². The second-order valence-electron chi connectivity index (χ2n) is 3.26. The van der Waals surface area contributed by atoms with E-state index in [1.165, 1.54) is 0 Å². The average molecular weight is 280 g/mol. The molecule has 14 heavy (non-hydrogen) atoms. The molecule has 0 amide bonds. The summed E-state index contributed by atoms with van der Waals surface area (Å²) in [5.74, 6) is 0.666. The third-order valence-corrected chi connectivity index (χ3v) is 2.74. The Bertz CT molecular complexity index is 305. The maximum absolute atomic E-state index is 5.65. The summed E-state index contributed by atoms with van der Waals surface area (Å²) in [4.78, 5) is 4.12. The summed E-state index contributed by atoms with van der Waals surface area (Å²) in [6, 6.07) is 4.09. The number of nitrogens with two attached hydrogens (primary N) is 1. The Morgan fingerprint density at radius 1 is 1.50 bits per heavy atom. The van der Waals surface area contributed by atoms with Crippen LogP contribution < -0.4 is 10.5 Å². The predicted molar refractivity (Wildman–Crippen MR) is 60.8 cm³/mol. The fourth-order valence-electron chi connectivity index (χ4n) is 1.32. The number of aromatic nitrogens is 1. The van der Waals surface area contributed by atoms with Crippen LogP contribution >= 0.6 is 28.3 Å². The molecule has 2 rings (SSSR count). The van der Waals surface area contributed by atoms with Crippen molar-refractivity contribution in [1.29, 1.82) is 0 Å². The molecule has 1 saturated carbocycles. The second-order valence-corrected chi connectivity index (χ2v) is 4.12. The smallest absolute Gasteiger partial charge is 0.228 e. The van der Waals surface area contributed by atoms with Crippen molar-refractivity contribution in [2.75, 3.05) is 0 Å². The Morgan fingerprint density at radius 3 is 2.79 bits per heavy atom. The molecule has 5 heteroatoms. The average Bonchev–Trinajstić information content (AvgIpc) is 2.06. The molecule has 1 heterocycles. The lowest BCUT2D eigenvalue weighted by Gasteiger charge is -2.32. The van der Waals surface area contributed by atoms with E-state index in [2.05, 4.69) is 20.9 Å². The standard InChI is InChI=1S/C9H11BrN2O.ClH/c10-8-2-1-3-12-9(8)13-7-4-6(11)5-7;/h1-3,6-7H,4-5,11H2;1H. The van der Waals surface area contributed by atoms with E-state index in [-0.39, 0.29) is 18.5 Å². The number of rotatable bonds is 2.